The zero-order valence-corrected chi connectivity index (χ0v) is 15.5. The van der Waals surface area contributed by atoms with E-state index in [1.807, 2.05) is 0 Å². The minimum Gasteiger partial charge on any atom is -0.352 e. The third-order valence-electron chi connectivity index (χ3n) is 5.57. The number of amides is 1. The summed E-state index contributed by atoms with van der Waals surface area (Å²) in [6, 6.07) is 0.511. The molecule has 3 aliphatic rings. The summed E-state index contributed by atoms with van der Waals surface area (Å²) < 4.78 is 0. The molecule has 3 fully saturated rings. The molecule has 4 nitrogen and oxygen atoms in total. The lowest BCUT2D eigenvalue weighted by molar-refractivity contribution is -0.126. The molecule has 0 bridgehead atoms. The minimum atomic E-state index is 0.0364. The van der Waals surface area contributed by atoms with Crippen LogP contribution in [0.4, 0.5) is 0 Å². The molecule has 1 unspecified atom stereocenters. The van der Waals surface area contributed by atoms with Crippen molar-refractivity contribution in [2.45, 2.75) is 69.2 Å². The second kappa shape index (κ2) is 8.72. The van der Waals surface area contributed by atoms with Crippen molar-refractivity contribution in [3.05, 3.63) is 0 Å². The van der Waals surface area contributed by atoms with Crippen LogP contribution in [0.5, 0.6) is 0 Å². The average molecular weight is 340 g/mol. The van der Waals surface area contributed by atoms with E-state index in [1.54, 1.807) is 0 Å². The quantitative estimate of drug-likeness (QED) is 0.772. The third kappa shape index (κ3) is 5.64. The summed E-state index contributed by atoms with van der Waals surface area (Å²) in [6.45, 7) is 7.59. The molecule has 132 valence electrons. The number of carbonyl (C=O) groups excluding carboxylic acids is 1. The molecule has 1 heterocycles. The largest absolute Gasteiger partial charge is 0.352 e. The van der Waals surface area contributed by atoms with Gasteiger partial charge < -0.3 is 5.32 Å². The number of carbonyl (C=O) groups is 1. The first-order valence-corrected chi connectivity index (χ1v) is 10.7. The van der Waals surface area contributed by atoms with E-state index >= 15 is 0 Å². The highest BCUT2D eigenvalue weighted by Crippen LogP contribution is 2.28. The monoisotopic (exact) mass is 339 g/mol. The Hall–Kier alpha value is -0.260. The van der Waals surface area contributed by atoms with Gasteiger partial charge in [-0.05, 0) is 32.6 Å². The molecule has 0 aromatic heterocycles. The number of thioether (sulfide) groups is 1. The summed E-state index contributed by atoms with van der Waals surface area (Å²) in [7, 11) is 0. The summed E-state index contributed by atoms with van der Waals surface area (Å²) in [5.74, 6) is 1.51. The van der Waals surface area contributed by atoms with Crippen LogP contribution < -0.4 is 5.32 Å². The molecular formula is C18H33N3OS. The molecule has 1 amide bonds. The number of piperazine rings is 1. The van der Waals surface area contributed by atoms with Gasteiger partial charge >= 0.3 is 0 Å². The van der Waals surface area contributed by atoms with E-state index in [9.17, 15) is 4.79 Å². The van der Waals surface area contributed by atoms with Gasteiger partial charge in [-0.3, -0.25) is 14.6 Å². The zero-order valence-electron chi connectivity index (χ0n) is 14.6. The minimum absolute atomic E-state index is 0.0364. The lowest BCUT2D eigenvalue weighted by atomic mass is 10.0. The maximum absolute atomic E-state index is 12.2. The van der Waals surface area contributed by atoms with Crippen molar-refractivity contribution in [3.8, 4) is 0 Å². The van der Waals surface area contributed by atoms with Gasteiger partial charge in [0.25, 0.3) is 0 Å². The molecule has 1 atom stereocenters. The van der Waals surface area contributed by atoms with E-state index < -0.39 is 0 Å². The Balaban J connectivity index is 1.29. The molecule has 2 aliphatic carbocycles. The first-order chi connectivity index (χ1) is 11.2. The van der Waals surface area contributed by atoms with Crippen LogP contribution in [0.2, 0.25) is 0 Å². The maximum atomic E-state index is 12.2. The highest BCUT2D eigenvalue weighted by atomic mass is 32.2. The van der Waals surface area contributed by atoms with Crippen LogP contribution in [0.15, 0.2) is 0 Å². The lowest BCUT2D eigenvalue weighted by Crippen LogP contribution is -2.54. The van der Waals surface area contributed by atoms with Crippen LogP contribution in [0.25, 0.3) is 0 Å². The van der Waals surface area contributed by atoms with E-state index in [4.69, 9.17) is 0 Å². The molecule has 0 radical (unpaired) electrons. The van der Waals surface area contributed by atoms with Crippen molar-refractivity contribution in [2.75, 3.05) is 38.5 Å². The van der Waals surface area contributed by atoms with Gasteiger partial charge in [-0.15, -0.1) is 0 Å². The van der Waals surface area contributed by atoms with Gasteiger partial charge in [0.1, 0.15) is 0 Å². The number of rotatable bonds is 7. The smallest absolute Gasteiger partial charge is 0.237 e. The van der Waals surface area contributed by atoms with E-state index in [0.29, 0.717) is 6.04 Å². The van der Waals surface area contributed by atoms with Gasteiger partial charge in [0.15, 0.2) is 0 Å². The van der Waals surface area contributed by atoms with Crippen LogP contribution in [-0.4, -0.2) is 71.5 Å². The van der Waals surface area contributed by atoms with E-state index in [1.165, 1.54) is 57.2 Å². The van der Waals surface area contributed by atoms with Gasteiger partial charge in [-0.2, -0.15) is 11.8 Å². The van der Waals surface area contributed by atoms with E-state index in [-0.39, 0.29) is 11.9 Å². The van der Waals surface area contributed by atoms with E-state index in [2.05, 4.69) is 33.8 Å². The van der Waals surface area contributed by atoms with Crippen molar-refractivity contribution >= 4 is 17.7 Å². The molecule has 1 saturated heterocycles. The Morgan fingerprint density at radius 2 is 1.78 bits per heavy atom. The second-order valence-electron chi connectivity index (χ2n) is 7.47. The van der Waals surface area contributed by atoms with Crippen molar-refractivity contribution < 1.29 is 4.79 Å². The Morgan fingerprint density at radius 3 is 2.43 bits per heavy atom. The molecule has 1 aliphatic heterocycles. The second-order valence-corrected chi connectivity index (χ2v) is 8.88. The summed E-state index contributed by atoms with van der Waals surface area (Å²) in [5, 5.41) is 4.06. The molecule has 3 rings (SSSR count). The predicted octanol–water partition coefficient (Wildman–Crippen LogP) is 2.34. The Bertz CT molecular complexity index is 374. The molecule has 0 aromatic carbocycles. The number of hydrogen-bond donors (Lipinski definition) is 1. The normalized spacial score (nSPS) is 26.1. The van der Waals surface area contributed by atoms with Gasteiger partial charge in [-0.25, -0.2) is 0 Å². The fraction of sp³-hybridized carbons (Fsp3) is 0.944. The molecule has 0 aromatic rings. The van der Waals surface area contributed by atoms with Gasteiger partial charge in [0.05, 0.1) is 6.04 Å². The molecule has 23 heavy (non-hydrogen) atoms. The zero-order chi connectivity index (χ0) is 16.1. The highest BCUT2D eigenvalue weighted by molar-refractivity contribution is 7.99. The summed E-state index contributed by atoms with van der Waals surface area (Å²) >= 11 is 2.20. The summed E-state index contributed by atoms with van der Waals surface area (Å²) in [5.41, 5.74) is 0. The topological polar surface area (TPSA) is 35.6 Å². The van der Waals surface area contributed by atoms with Crippen LogP contribution in [-0.2, 0) is 4.79 Å². The summed E-state index contributed by atoms with van der Waals surface area (Å²) in [4.78, 5) is 17.1. The number of nitrogens with one attached hydrogen (secondary N) is 1. The third-order valence-corrected chi connectivity index (χ3v) is 6.93. The molecule has 2 saturated carbocycles. The molecule has 5 heteroatoms. The van der Waals surface area contributed by atoms with Crippen molar-refractivity contribution in [2.24, 2.45) is 0 Å². The maximum Gasteiger partial charge on any atom is 0.237 e. The molecule has 0 spiro atoms. The average Bonchev–Trinajstić information content (AvgIpc) is 3.40. The van der Waals surface area contributed by atoms with Crippen molar-refractivity contribution in [3.63, 3.8) is 0 Å². The van der Waals surface area contributed by atoms with Gasteiger partial charge in [0, 0.05) is 49.8 Å². The van der Waals surface area contributed by atoms with Gasteiger partial charge in [0.2, 0.25) is 5.91 Å². The van der Waals surface area contributed by atoms with Gasteiger partial charge in [-0.1, -0.05) is 19.3 Å². The summed E-state index contributed by atoms with van der Waals surface area (Å²) in [6.07, 6.45) is 9.55. The van der Waals surface area contributed by atoms with Crippen LogP contribution >= 0.6 is 11.8 Å². The first-order valence-electron chi connectivity index (χ1n) is 9.61. The van der Waals surface area contributed by atoms with Crippen molar-refractivity contribution in [1.82, 2.24) is 15.1 Å². The molecule has 1 N–H and O–H groups in total. The standard InChI is InChI=1S/C18H33N3OS/c1-15(18(22)19-16-7-8-16)21-11-9-20(10-12-21)13-14-23-17-5-3-2-4-6-17/h15-17H,2-14H2,1H3,(H,19,22). The Kier molecular flexibility index (Phi) is 6.66. The Morgan fingerprint density at radius 1 is 1.09 bits per heavy atom. The van der Waals surface area contributed by atoms with Crippen LogP contribution in [0.3, 0.4) is 0 Å². The van der Waals surface area contributed by atoms with Crippen molar-refractivity contribution in [1.29, 1.82) is 0 Å². The lowest BCUT2D eigenvalue weighted by Gasteiger charge is -2.37. The predicted molar refractivity (Wildman–Crippen MR) is 98.0 cm³/mol. The number of hydrogen-bond acceptors (Lipinski definition) is 4. The fourth-order valence-electron chi connectivity index (χ4n) is 3.67. The fourth-order valence-corrected chi connectivity index (χ4v) is 5.03. The van der Waals surface area contributed by atoms with Crippen LogP contribution in [0.1, 0.15) is 51.9 Å². The van der Waals surface area contributed by atoms with Crippen LogP contribution in [0, 0.1) is 0 Å². The molecular weight excluding hydrogens is 306 g/mol. The number of nitrogens with zero attached hydrogens (tertiary/aromatic N) is 2. The van der Waals surface area contributed by atoms with E-state index in [0.717, 1.165) is 31.4 Å². The first kappa shape index (κ1) is 17.6. The Labute approximate surface area is 145 Å². The highest BCUT2D eigenvalue weighted by Gasteiger charge is 2.29. The SMILES string of the molecule is CC(C(=O)NC1CC1)N1CCN(CCSC2CCCCC2)CC1.